The third kappa shape index (κ3) is 3.07. The van der Waals surface area contributed by atoms with Crippen LogP contribution >= 0.6 is 22.6 Å². The number of para-hydroxylation sites is 1. The van der Waals surface area contributed by atoms with Crippen LogP contribution in [0.15, 0.2) is 42.5 Å². The Hall–Kier alpha value is -1.43. The Balaban J connectivity index is 2.11. The monoisotopic (exact) mass is 354 g/mol. The maximum absolute atomic E-state index is 5.96. The van der Waals surface area contributed by atoms with Crippen LogP contribution in [0.4, 0.5) is 11.4 Å². The average Bonchev–Trinajstić information content (AvgIpc) is 2.38. The molecule has 0 fully saturated rings. The Morgan fingerprint density at radius 3 is 2.72 bits per heavy atom. The standard InChI is InChI=1S/C14H15IN2O/c1-18-14-5-3-2-4-10(14)9-17-13-7-6-11(15)8-12(13)16/h2-8,17H,9,16H2,1H3. The molecule has 3 nitrogen and oxygen atoms in total. The van der Waals surface area contributed by atoms with E-state index in [1.165, 1.54) is 0 Å². The van der Waals surface area contributed by atoms with E-state index in [2.05, 4.69) is 27.9 Å². The largest absolute Gasteiger partial charge is 0.496 e. The van der Waals surface area contributed by atoms with E-state index in [4.69, 9.17) is 10.5 Å². The third-order valence-corrected chi connectivity index (χ3v) is 3.35. The predicted molar refractivity (Wildman–Crippen MR) is 83.9 cm³/mol. The van der Waals surface area contributed by atoms with Crippen LogP contribution in [0.2, 0.25) is 0 Å². The number of ether oxygens (including phenoxy) is 1. The van der Waals surface area contributed by atoms with Gasteiger partial charge >= 0.3 is 0 Å². The van der Waals surface area contributed by atoms with E-state index in [0.717, 1.165) is 26.3 Å². The van der Waals surface area contributed by atoms with E-state index in [-0.39, 0.29) is 0 Å². The lowest BCUT2D eigenvalue weighted by Crippen LogP contribution is -2.04. The molecule has 0 aliphatic carbocycles. The van der Waals surface area contributed by atoms with Gasteiger partial charge in [-0.3, -0.25) is 0 Å². The molecule has 0 saturated carbocycles. The maximum Gasteiger partial charge on any atom is 0.123 e. The normalized spacial score (nSPS) is 10.1. The average molecular weight is 354 g/mol. The van der Waals surface area contributed by atoms with Gasteiger partial charge in [0, 0.05) is 15.7 Å². The van der Waals surface area contributed by atoms with Gasteiger partial charge < -0.3 is 15.8 Å². The molecule has 0 spiro atoms. The molecular formula is C14H15IN2O. The topological polar surface area (TPSA) is 47.3 Å². The SMILES string of the molecule is COc1ccccc1CNc1ccc(I)cc1N. The third-order valence-electron chi connectivity index (χ3n) is 2.68. The molecular weight excluding hydrogens is 339 g/mol. The van der Waals surface area contributed by atoms with Crippen LogP contribution in [0.3, 0.4) is 0 Å². The lowest BCUT2D eigenvalue weighted by Gasteiger charge is -2.12. The zero-order valence-electron chi connectivity index (χ0n) is 10.1. The zero-order chi connectivity index (χ0) is 13.0. The van der Waals surface area contributed by atoms with Crippen LogP contribution in [0.1, 0.15) is 5.56 Å². The molecule has 0 atom stereocenters. The maximum atomic E-state index is 5.96. The highest BCUT2D eigenvalue weighted by Gasteiger charge is 2.03. The van der Waals surface area contributed by atoms with Crippen molar-refractivity contribution >= 4 is 34.0 Å². The first-order valence-electron chi connectivity index (χ1n) is 5.61. The van der Waals surface area contributed by atoms with Crippen molar-refractivity contribution in [2.75, 3.05) is 18.2 Å². The van der Waals surface area contributed by atoms with E-state index in [1.807, 2.05) is 42.5 Å². The van der Waals surface area contributed by atoms with E-state index < -0.39 is 0 Å². The second-order valence-electron chi connectivity index (χ2n) is 3.90. The zero-order valence-corrected chi connectivity index (χ0v) is 12.3. The van der Waals surface area contributed by atoms with Gasteiger partial charge in [0.1, 0.15) is 5.75 Å². The second-order valence-corrected chi connectivity index (χ2v) is 5.14. The molecule has 0 heterocycles. The van der Waals surface area contributed by atoms with Gasteiger partial charge in [0.2, 0.25) is 0 Å². The molecule has 0 aliphatic rings. The van der Waals surface area contributed by atoms with Crippen molar-refractivity contribution in [1.82, 2.24) is 0 Å². The van der Waals surface area contributed by atoms with Crippen LogP contribution in [0, 0.1) is 3.57 Å². The molecule has 0 aliphatic heterocycles. The Labute approximate surface area is 120 Å². The van der Waals surface area contributed by atoms with Crippen LogP contribution < -0.4 is 15.8 Å². The highest BCUT2D eigenvalue weighted by atomic mass is 127. The van der Waals surface area contributed by atoms with Crippen LogP contribution in [0.5, 0.6) is 5.75 Å². The molecule has 4 heteroatoms. The molecule has 18 heavy (non-hydrogen) atoms. The van der Waals surface area contributed by atoms with Gasteiger partial charge in [-0.15, -0.1) is 0 Å². The molecule has 0 unspecified atom stereocenters. The lowest BCUT2D eigenvalue weighted by molar-refractivity contribution is 0.410. The number of halogens is 1. The summed E-state index contributed by atoms with van der Waals surface area (Å²) in [6, 6.07) is 13.9. The van der Waals surface area contributed by atoms with Crippen molar-refractivity contribution in [3.8, 4) is 5.75 Å². The molecule has 0 aromatic heterocycles. The van der Waals surface area contributed by atoms with Gasteiger partial charge in [0.05, 0.1) is 18.5 Å². The van der Waals surface area contributed by atoms with Crippen LogP contribution in [-0.2, 0) is 6.54 Å². The Morgan fingerprint density at radius 1 is 1.22 bits per heavy atom. The number of hydrogen-bond donors (Lipinski definition) is 2. The molecule has 0 bridgehead atoms. The van der Waals surface area contributed by atoms with Crippen molar-refractivity contribution in [1.29, 1.82) is 0 Å². The number of anilines is 2. The van der Waals surface area contributed by atoms with Gasteiger partial charge in [-0.1, -0.05) is 18.2 Å². The molecule has 0 amide bonds. The van der Waals surface area contributed by atoms with Crippen LogP contribution in [0.25, 0.3) is 0 Å². The number of nitrogen functional groups attached to an aromatic ring is 1. The van der Waals surface area contributed by atoms with Crippen molar-refractivity contribution in [2.45, 2.75) is 6.54 Å². The van der Waals surface area contributed by atoms with E-state index in [1.54, 1.807) is 7.11 Å². The molecule has 0 saturated heterocycles. The van der Waals surface area contributed by atoms with Crippen molar-refractivity contribution in [3.05, 3.63) is 51.6 Å². The van der Waals surface area contributed by atoms with Crippen molar-refractivity contribution in [2.24, 2.45) is 0 Å². The summed E-state index contributed by atoms with van der Waals surface area (Å²) in [5, 5.41) is 3.32. The summed E-state index contributed by atoms with van der Waals surface area (Å²) in [5.41, 5.74) is 8.77. The van der Waals surface area contributed by atoms with E-state index >= 15 is 0 Å². The summed E-state index contributed by atoms with van der Waals surface area (Å²) < 4.78 is 6.44. The van der Waals surface area contributed by atoms with Crippen LogP contribution in [-0.4, -0.2) is 7.11 Å². The summed E-state index contributed by atoms with van der Waals surface area (Å²) >= 11 is 2.25. The number of benzene rings is 2. The fourth-order valence-corrected chi connectivity index (χ4v) is 2.25. The highest BCUT2D eigenvalue weighted by Crippen LogP contribution is 2.23. The minimum absolute atomic E-state index is 0.689. The molecule has 3 N–H and O–H groups in total. The van der Waals surface area contributed by atoms with Gasteiger partial charge in [0.15, 0.2) is 0 Å². The van der Waals surface area contributed by atoms with E-state index in [9.17, 15) is 0 Å². The first kappa shape index (κ1) is 13.0. The number of hydrogen-bond acceptors (Lipinski definition) is 3. The lowest BCUT2D eigenvalue weighted by atomic mass is 10.2. The number of methoxy groups -OCH3 is 1. The quantitative estimate of drug-likeness (QED) is 0.653. The Bertz CT molecular complexity index is 543. The smallest absolute Gasteiger partial charge is 0.123 e. The summed E-state index contributed by atoms with van der Waals surface area (Å²) in [6.45, 7) is 0.689. The first-order valence-corrected chi connectivity index (χ1v) is 6.69. The first-order chi connectivity index (χ1) is 8.70. The Kier molecular flexibility index (Phi) is 4.30. The fourth-order valence-electron chi connectivity index (χ4n) is 1.73. The van der Waals surface area contributed by atoms with Gasteiger partial charge in [-0.05, 0) is 46.9 Å². The summed E-state index contributed by atoms with van der Waals surface area (Å²) in [4.78, 5) is 0. The number of nitrogens with two attached hydrogens (primary N) is 1. The second kappa shape index (κ2) is 5.95. The Morgan fingerprint density at radius 2 is 2.00 bits per heavy atom. The number of rotatable bonds is 4. The van der Waals surface area contributed by atoms with Gasteiger partial charge in [-0.25, -0.2) is 0 Å². The number of nitrogens with one attached hydrogen (secondary N) is 1. The van der Waals surface area contributed by atoms with Gasteiger partial charge in [0.25, 0.3) is 0 Å². The molecule has 94 valence electrons. The minimum atomic E-state index is 0.689. The summed E-state index contributed by atoms with van der Waals surface area (Å²) in [7, 11) is 1.68. The molecule has 0 radical (unpaired) electrons. The molecule has 2 aromatic carbocycles. The van der Waals surface area contributed by atoms with Crippen molar-refractivity contribution in [3.63, 3.8) is 0 Å². The minimum Gasteiger partial charge on any atom is -0.496 e. The van der Waals surface area contributed by atoms with Crippen molar-refractivity contribution < 1.29 is 4.74 Å². The van der Waals surface area contributed by atoms with Gasteiger partial charge in [-0.2, -0.15) is 0 Å². The molecule has 2 aromatic rings. The summed E-state index contributed by atoms with van der Waals surface area (Å²) in [5.74, 6) is 0.883. The predicted octanol–water partition coefficient (Wildman–Crippen LogP) is 3.49. The fraction of sp³-hybridized carbons (Fsp3) is 0.143. The van der Waals surface area contributed by atoms with E-state index in [0.29, 0.717) is 6.54 Å². The highest BCUT2D eigenvalue weighted by molar-refractivity contribution is 14.1. The summed E-state index contributed by atoms with van der Waals surface area (Å²) in [6.07, 6.45) is 0. The molecule has 2 rings (SSSR count).